The number of hydrogen-bond donors (Lipinski definition) is 1. The van der Waals surface area contributed by atoms with Crippen LogP contribution in [0.15, 0.2) is 68.7 Å². The molecule has 30 heavy (non-hydrogen) atoms. The first-order chi connectivity index (χ1) is 14.3. The molecule has 0 spiro atoms. The molecule has 0 radical (unpaired) electrons. The molecule has 0 aliphatic carbocycles. The monoisotopic (exact) mass is 489 g/mol. The average molecular weight is 490 g/mol. The van der Waals surface area contributed by atoms with Gasteiger partial charge in [0.2, 0.25) is 5.89 Å². The van der Waals surface area contributed by atoms with Gasteiger partial charge in [0.1, 0.15) is 11.6 Å². The zero-order chi connectivity index (χ0) is 21.6. The molecule has 1 amide bonds. The van der Waals surface area contributed by atoms with Crippen LogP contribution in [0.4, 0.5) is 4.79 Å². The lowest BCUT2D eigenvalue weighted by Crippen LogP contribution is -2.36. The number of rotatable bonds is 7. The molecular weight excluding hydrogens is 466 g/mol. The summed E-state index contributed by atoms with van der Waals surface area (Å²) in [5.74, 6) is 1.05. The van der Waals surface area contributed by atoms with Gasteiger partial charge in [0.25, 0.3) is 5.22 Å². The van der Waals surface area contributed by atoms with Crippen molar-refractivity contribution in [1.82, 2.24) is 15.5 Å². The number of carbonyl (C=O) groups is 1. The van der Waals surface area contributed by atoms with Gasteiger partial charge in [0.15, 0.2) is 0 Å². The van der Waals surface area contributed by atoms with Crippen molar-refractivity contribution in [2.45, 2.75) is 49.8 Å². The second-order valence-electron chi connectivity index (χ2n) is 7.71. The zero-order valence-corrected chi connectivity index (χ0v) is 19.5. The molecular formula is C22H24BrN3O3S. The van der Waals surface area contributed by atoms with Gasteiger partial charge < -0.3 is 14.5 Å². The van der Waals surface area contributed by atoms with Gasteiger partial charge >= 0.3 is 6.09 Å². The van der Waals surface area contributed by atoms with E-state index in [1.807, 2.05) is 75.4 Å². The van der Waals surface area contributed by atoms with Crippen LogP contribution < -0.4 is 5.32 Å². The van der Waals surface area contributed by atoms with Gasteiger partial charge in [0.05, 0.1) is 0 Å². The Morgan fingerprint density at radius 1 is 1.13 bits per heavy atom. The number of carbonyl (C=O) groups excluding carboxylic acids is 1. The molecule has 0 saturated heterocycles. The van der Waals surface area contributed by atoms with E-state index in [4.69, 9.17) is 9.15 Å². The zero-order valence-electron chi connectivity index (χ0n) is 17.1. The number of halogens is 1. The summed E-state index contributed by atoms with van der Waals surface area (Å²) in [5.41, 5.74) is 1.59. The Kier molecular flexibility index (Phi) is 7.55. The molecule has 8 heteroatoms. The van der Waals surface area contributed by atoms with Gasteiger partial charge in [-0.15, -0.1) is 10.2 Å². The van der Waals surface area contributed by atoms with Gasteiger partial charge in [-0.1, -0.05) is 70.2 Å². The van der Waals surface area contributed by atoms with Crippen molar-refractivity contribution < 1.29 is 13.9 Å². The van der Waals surface area contributed by atoms with Crippen LogP contribution in [0.25, 0.3) is 0 Å². The Bertz CT molecular complexity index is 973. The molecule has 1 aromatic heterocycles. The molecule has 1 atom stereocenters. The molecule has 0 bridgehead atoms. The molecule has 0 fully saturated rings. The number of ether oxygens (including phenoxy) is 1. The van der Waals surface area contributed by atoms with Crippen LogP contribution in [0.5, 0.6) is 0 Å². The van der Waals surface area contributed by atoms with E-state index < -0.39 is 17.7 Å². The lowest BCUT2D eigenvalue weighted by atomic mass is 10.1. The highest BCUT2D eigenvalue weighted by Gasteiger charge is 2.25. The van der Waals surface area contributed by atoms with E-state index in [1.54, 1.807) is 0 Å². The smallest absolute Gasteiger partial charge is 0.408 e. The molecule has 3 aromatic rings. The van der Waals surface area contributed by atoms with Crippen LogP contribution in [0.1, 0.15) is 43.8 Å². The van der Waals surface area contributed by atoms with Crippen LogP contribution in [0, 0.1) is 0 Å². The lowest BCUT2D eigenvalue weighted by molar-refractivity contribution is 0.0494. The molecule has 0 aliphatic rings. The average Bonchev–Trinajstić information content (AvgIpc) is 3.14. The van der Waals surface area contributed by atoms with Crippen molar-refractivity contribution in [2.24, 2.45) is 0 Å². The minimum Gasteiger partial charge on any atom is -0.444 e. The quantitative estimate of drug-likeness (QED) is 0.414. The van der Waals surface area contributed by atoms with Crippen LogP contribution in [0.2, 0.25) is 0 Å². The second-order valence-corrected chi connectivity index (χ2v) is 9.56. The summed E-state index contributed by atoms with van der Waals surface area (Å²) in [6.45, 7) is 5.46. The molecule has 0 saturated carbocycles. The normalized spacial score (nSPS) is 12.4. The first kappa shape index (κ1) is 22.4. The van der Waals surface area contributed by atoms with Crippen molar-refractivity contribution in [1.29, 1.82) is 0 Å². The SMILES string of the molecule is CC(C)(C)OC(=O)N[C@@H](Cc1ccccc1)c1nnc(SCc2cccc(Br)c2)o1. The highest BCUT2D eigenvalue weighted by molar-refractivity contribution is 9.10. The van der Waals surface area contributed by atoms with Gasteiger partial charge in [-0.2, -0.15) is 0 Å². The fourth-order valence-corrected chi connectivity index (χ4v) is 3.85. The first-order valence-electron chi connectivity index (χ1n) is 9.52. The molecule has 1 heterocycles. The molecule has 0 unspecified atom stereocenters. The molecule has 2 aromatic carbocycles. The number of aromatic nitrogens is 2. The Labute approximate surface area is 188 Å². The third-order valence-corrected chi connectivity index (χ3v) is 5.33. The minimum atomic E-state index is -0.596. The van der Waals surface area contributed by atoms with Crippen LogP contribution >= 0.6 is 27.7 Å². The van der Waals surface area contributed by atoms with Gasteiger partial charge in [-0.3, -0.25) is 0 Å². The molecule has 1 N–H and O–H groups in total. The van der Waals surface area contributed by atoms with E-state index in [0.29, 0.717) is 23.3 Å². The topological polar surface area (TPSA) is 77.2 Å². The van der Waals surface area contributed by atoms with Gasteiger partial charge in [-0.25, -0.2) is 4.79 Å². The first-order valence-corrected chi connectivity index (χ1v) is 11.3. The van der Waals surface area contributed by atoms with E-state index >= 15 is 0 Å². The summed E-state index contributed by atoms with van der Waals surface area (Å²) in [7, 11) is 0. The summed E-state index contributed by atoms with van der Waals surface area (Å²) < 4.78 is 12.3. The van der Waals surface area contributed by atoms with Crippen molar-refractivity contribution >= 4 is 33.8 Å². The third kappa shape index (κ3) is 7.18. The third-order valence-electron chi connectivity index (χ3n) is 3.95. The Morgan fingerprint density at radius 2 is 1.87 bits per heavy atom. The number of hydrogen-bond acceptors (Lipinski definition) is 6. The summed E-state index contributed by atoms with van der Waals surface area (Å²) >= 11 is 4.92. The number of alkyl carbamates (subject to hydrolysis) is 1. The Balaban J connectivity index is 1.71. The highest BCUT2D eigenvalue weighted by atomic mass is 79.9. The highest BCUT2D eigenvalue weighted by Crippen LogP contribution is 2.26. The predicted molar refractivity (Wildman–Crippen MR) is 120 cm³/mol. The number of nitrogens with one attached hydrogen (secondary N) is 1. The maximum absolute atomic E-state index is 12.3. The molecule has 0 aliphatic heterocycles. The summed E-state index contributed by atoms with van der Waals surface area (Å²) in [4.78, 5) is 12.3. The summed E-state index contributed by atoms with van der Waals surface area (Å²) in [6.07, 6.45) is -0.0113. The summed E-state index contributed by atoms with van der Waals surface area (Å²) in [5, 5.41) is 11.6. The van der Waals surface area contributed by atoms with E-state index in [-0.39, 0.29) is 0 Å². The van der Waals surface area contributed by atoms with E-state index in [0.717, 1.165) is 15.6 Å². The van der Waals surface area contributed by atoms with Crippen molar-refractivity contribution in [3.05, 3.63) is 76.1 Å². The molecule has 6 nitrogen and oxygen atoms in total. The lowest BCUT2D eigenvalue weighted by Gasteiger charge is -2.22. The number of nitrogens with zero attached hydrogens (tertiary/aromatic N) is 2. The van der Waals surface area contributed by atoms with Gasteiger partial charge in [-0.05, 0) is 44.0 Å². The predicted octanol–water partition coefficient (Wildman–Crippen LogP) is 5.93. The Morgan fingerprint density at radius 3 is 2.57 bits per heavy atom. The fourth-order valence-electron chi connectivity index (χ4n) is 2.69. The van der Waals surface area contributed by atoms with Crippen LogP contribution in [0.3, 0.4) is 0 Å². The van der Waals surface area contributed by atoms with Crippen molar-refractivity contribution in [2.75, 3.05) is 0 Å². The van der Waals surface area contributed by atoms with Crippen LogP contribution in [-0.4, -0.2) is 21.9 Å². The number of amides is 1. The minimum absolute atomic E-state index is 0.349. The number of benzene rings is 2. The number of thioether (sulfide) groups is 1. The standard InChI is InChI=1S/C22H24BrN3O3S/c1-22(2,3)29-20(27)24-18(13-15-8-5-4-6-9-15)19-25-26-21(28-19)30-14-16-10-7-11-17(23)12-16/h4-12,18H,13-14H2,1-3H3,(H,24,27)/t18-/m0/s1. The Hall–Kier alpha value is -2.32. The second kappa shape index (κ2) is 10.1. The molecule has 3 rings (SSSR count). The van der Waals surface area contributed by atoms with E-state index in [9.17, 15) is 4.79 Å². The maximum Gasteiger partial charge on any atom is 0.408 e. The van der Waals surface area contributed by atoms with Crippen molar-refractivity contribution in [3.63, 3.8) is 0 Å². The molecule has 158 valence electrons. The largest absolute Gasteiger partial charge is 0.444 e. The fraction of sp³-hybridized carbons (Fsp3) is 0.318. The van der Waals surface area contributed by atoms with Crippen molar-refractivity contribution in [3.8, 4) is 0 Å². The van der Waals surface area contributed by atoms with Crippen LogP contribution in [-0.2, 0) is 16.9 Å². The summed E-state index contributed by atoms with van der Waals surface area (Å²) in [6, 6.07) is 17.4. The van der Waals surface area contributed by atoms with E-state index in [2.05, 4.69) is 31.4 Å². The van der Waals surface area contributed by atoms with Gasteiger partial charge in [0, 0.05) is 16.6 Å². The maximum atomic E-state index is 12.3. The van der Waals surface area contributed by atoms with E-state index in [1.165, 1.54) is 11.8 Å².